The predicted molar refractivity (Wildman–Crippen MR) is 78.8 cm³/mol. The average Bonchev–Trinajstić information content (AvgIpc) is 2.43. The van der Waals surface area contributed by atoms with Crippen LogP contribution in [0.3, 0.4) is 0 Å². The van der Waals surface area contributed by atoms with Crippen LogP contribution in [0.5, 0.6) is 11.5 Å². The molecule has 2 rings (SSSR count). The zero-order valence-corrected chi connectivity index (χ0v) is 12.1. The van der Waals surface area contributed by atoms with Gasteiger partial charge in [-0.25, -0.2) is 4.79 Å². The van der Waals surface area contributed by atoms with E-state index in [1.54, 1.807) is 0 Å². The summed E-state index contributed by atoms with van der Waals surface area (Å²) in [5.74, 6) is -2.76. The smallest absolute Gasteiger partial charge is 0.335 e. The van der Waals surface area contributed by atoms with Crippen LogP contribution in [0.25, 0.3) is 0 Å². The molecule has 0 radical (unpaired) electrons. The number of halogens is 1. The first-order valence-electron chi connectivity index (χ1n) is 5.75. The number of carbonyl (C=O) groups excluding carboxylic acids is 1. The number of aromatic carboxylic acids is 1. The minimum absolute atomic E-state index is 0.00799. The average molecular weight is 352 g/mol. The molecule has 1 amide bonds. The van der Waals surface area contributed by atoms with Crippen LogP contribution in [0.15, 0.2) is 40.9 Å². The molecular weight excluding hydrogens is 342 g/mol. The third-order valence-corrected chi connectivity index (χ3v) is 3.41. The number of benzene rings is 2. The van der Waals surface area contributed by atoms with Gasteiger partial charge >= 0.3 is 5.97 Å². The van der Waals surface area contributed by atoms with Crippen LogP contribution in [-0.4, -0.2) is 27.2 Å². The standard InChI is InChI=1S/C14H10BrNO5/c15-9-5-4-7(14(20)21)6-10(9)16-13(19)8-2-1-3-11(17)12(8)18/h1-6,17-18H,(H,16,19)(H,20,21). The van der Waals surface area contributed by atoms with Crippen molar-refractivity contribution >= 4 is 33.5 Å². The summed E-state index contributed by atoms with van der Waals surface area (Å²) in [5, 5.41) is 30.4. The molecule has 0 saturated carbocycles. The molecule has 2 aromatic carbocycles. The Morgan fingerprint density at radius 1 is 1.10 bits per heavy atom. The minimum atomic E-state index is -1.13. The van der Waals surface area contributed by atoms with E-state index in [2.05, 4.69) is 21.2 Å². The summed E-state index contributed by atoms with van der Waals surface area (Å²) >= 11 is 3.19. The fraction of sp³-hybridized carbons (Fsp3) is 0. The molecule has 0 aliphatic heterocycles. The quantitative estimate of drug-likeness (QED) is 0.636. The fourth-order valence-electron chi connectivity index (χ4n) is 1.66. The van der Waals surface area contributed by atoms with Crippen LogP contribution >= 0.6 is 15.9 Å². The highest BCUT2D eigenvalue weighted by Crippen LogP contribution is 2.30. The van der Waals surface area contributed by atoms with Crippen LogP contribution in [0, 0.1) is 0 Å². The second kappa shape index (κ2) is 5.84. The van der Waals surface area contributed by atoms with E-state index >= 15 is 0 Å². The molecule has 108 valence electrons. The van der Waals surface area contributed by atoms with Gasteiger partial charge in [0.05, 0.1) is 16.8 Å². The first kappa shape index (κ1) is 14.9. The van der Waals surface area contributed by atoms with Gasteiger partial charge in [-0.2, -0.15) is 0 Å². The van der Waals surface area contributed by atoms with Gasteiger partial charge in [-0.3, -0.25) is 4.79 Å². The van der Waals surface area contributed by atoms with E-state index in [9.17, 15) is 19.8 Å². The zero-order valence-electron chi connectivity index (χ0n) is 10.5. The highest BCUT2D eigenvalue weighted by molar-refractivity contribution is 9.10. The lowest BCUT2D eigenvalue weighted by atomic mass is 10.1. The molecule has 0 atom stereocenters. The Bertz CT molecular complexity index is 729. The summed E-state index contributed by atoms with van der Waals surface area (Å²) in [6.45, 7) is 0. The van der Waals surface area contributed by atoms with Crippen LogP contribution < -0.4 is 5.32 Å². The lowest BCUT2D eigenvalue weighted by Gasteiger charge is -2.10. The van der Waals surface area contributed by atoms with Crippen molar-refractivity contribution in [1.29, 1.82) is 0 Å². The highest BCUT2D eigenvalue weighted by Gasteiger charge is 2.16. The molecule has 21 heavy (non-hydrogen) atoms. The Kier molecular flexibility index (Phi) is 4.13. The van der Waals surface area contributed by atoms with Crippen molar-refractivity contribution in [2.75, 3.05) is 5.32 Å². The molecule has 0 bridgehead atoms. The normalized spacial score (nSPS) is 10.1. The molecule has 0 aliphatic carbocycles. The number of nitrogens with one attached hydrogen (secondary N) is 1. The lowest BCUT2D eigenvalue weighted by Crippen LogP contribution is -2.13. The summed E-state index contributed by atoms with van der Waals surface area (Å²) in [4.78, 5) is 23.0. The summed E-state index contributed by atoms with van der Waals surface area (Å²) in [5.41, 5.74) is 0.124. The Balaban J connectivity index is 2.33. The summed E-state index contributed by atoms with van der Waals surface area (Å²) in [7, 11) is 0. The first-order valence-corrected chi connectivity index (χ1v) is 6.54. The van der Waals surface area contributed by atoms with Crippen molar-refractivity contribution in [3.05, 3.63) is 52.0 Å². The van der Waals surface area contributed by atoms with E-state index < -0.39 is 23.4 Å². The monoisotopic (exact) mass is 351 g/mol. The van der Waals surface area contributed by atoms with Crippen LogP contribution in [0.4, 0.5) is 5.69 Å². The third kappa shape index (κ3) is 3.14. The molecule has 0 aromatic heterocycles. The number of anilines is 1. The Morgan fingerprint density at radius 3 is 2.48 bits per heavy atom. The number of hydrogen-bond donors (Lipinski definition) is 4. The van der Waals surface area contributed by atoms with Gasteiger partial charge in [-0.05, 0) is 46.3 Å². The number of carbonyl (C=O) groups is 2. The van der Waals surface area contributed by atoms with Gasteiger partial charge < -0.3 is 20.6 Å². The molecule has 0 spiro atoms. The minimum Gasteiger partial charge on any atom is -0.504 e. The molecule has 0 saturated heterocycles. The Morgan fingerprint density at radius 2 is 1.81 bits per heavy atom. The molecule has 0 fully saturated rings. The number of para-hydroxylation sites is 1. The largest absolute Gasteiger partial charge is 0.504 e. The van der Waals surface area contributed by atoms with Gasteiger partial charge in [0.25, 0.3) is 5.91 Å². The lowest BCUT2D eigenvalue weighted by molar-refractivity contribution is 0.0696. The molecule has 0 unspecified atom stereocenters. The third-order valence-electron chi connectivity index (χ3n) is 2.72. The Hall–Kier alpha value is -2.54. The molecule has 7 heteroatoms. The summed E-state index contributed by atoms with van der Waals surface area (Å²) < 4.78 is 0.487. The Labute approximate surface area is 127 Å². The van der Waals surface area contributed by atoms with Gasteiger partial charge in [0.1, 0.15) is 0 Å². The van der Waals surface area contributed by atoms with Crippen molar-refractivity contribution in [2.24, 2.45) is 0 Å². The van der Waals surface area contributed by atoms with E-state index in [1.807, 2.05) is 0 Å². The van der Waals surface area contributed by atoms with Crippen LogP contribution in [-0.2, 0) is 0 Å². The second-order valence-electron chi connectivity index (χ2n) is 4.13. The van der Waals surface area contributed by atoms with Gasteiger partial charge in [0.15, 0.2) is 11.5 Å². The fourth-order valence-corrected chi connectivity index (χ4v) is 2.00. The van der Waals surface area contributed by atoms with E-state index in [1.165, 1.54) is 36.4 Å². The van der Waals surface area contributed by atoms with Crippen molar-refractivity contribution in [3.8, 4) is 11.5 Å². The zero-order chi connectivity index (χ0) is 15.6. The number of carboxylic acid groups (broad SMARTS) is 1. The van der Waals surface area contributed by atoms with Gasteiger partial charge in [0.2, 0.25) is 0 Å². The molecule has 0 heterocycles. The number of hydrogen-bond acceptors (Lipinski definition) is 4. The van der Waals surface area contributed by atoms with E-state index in [-0.39, 0.29) is 16.8 Å². The van der Waals surface area contributed by atoms with Crippen molar-refractivity contribution in [2.45, 2.75) is 0 Å². The van der Waals surface area contributed by atoms with E-state index in [0.29, 0.717) is 4.47 Å². The van der Waals surface area contributed by atoms with Crippen molar-refractivity contribution in [3.63, 3.8) is 0 Å². The molecular formula is C14H10BrNO5. The van der Waals surface area contributed by atoms with E-state index in [4.69, 9.17) is 5.11 Å². The summed E-state index contributed by atoms with van der Waals surface area (Å²) in [6, 6.07) is 8.14. The molecule has 6 nitrogen and oxygen atoms in total. The van der Waals surface area contributed by atoms with Crippen molar-refractivity contribution in [1.82, 2.24) is 0 Å². The maximum absolute atomic E-state index is 12.1. The number of phenolic OH excluding ortho intramolecular Hbond substituents is 2. The van der Waals surface area contributed by atoms with Gasteiger partial charge in [-0.1, -0.05) is 6.07 Å². The number of amides is 1. The number of phenols is 2. The molecule has 0 aliphatic rings. The van der Waals surface area contributed by atoms with Gasteiger partial charge in [-0.15, -0.1) is 0 Å². The summed E-state index contributed by atoms with van der Waals surface area (Å²) in [6.07, 6.45) is 0. The van der Waals surface area contributed by atoms with Gasteiger partial charge in [0, 0.05) is 4.47 Å². The number of aromatic hydroxyl groups is 2. The maximum atomic E-state index is 12.1. The van der Waals surface area contributed by atoms with Crippen LogP contribution in [0.1, 0.15) is 20.7 Å². The predicted octanol–water partition coefficient (Wildman–Crippen LogP) is 2.81. The highest BCUT2D eigenvalue weighted by atomic mass is 79.9. The van der Waals surface area contributed by atoms with Crippen molar-refractivity contribution < 1.29 is 24.9 Å². The molecule has 4 N–H and O–H groups in total. The second-order valence-corrected chi connectivity index (χ2v) is 4.98. The maximum Gasteiger partial charge on any atom is 0.335 e. The first-order chi connectivity index (χ1) is 9.90. The van der Waals surface area contributed by atoms with E-state index in [0.717, 1.165) is 0 Å². The SMILES string of the molecule is O=C(O)c1ccc(Br)c(NC(=O)c2cccc(O)c2O)c1. The molecule has 2 aromatic rings. The topological polar surface area (TPSA) is 107 Å². The van der Waals surface area contributed by atoms with Crippen LogP contribution in [0.2, 0.25) is 0 Å². The number of rotatable bonds is 3. The number of carboxylic acids is 1.